The van der Waals surface area contributed by atoms with Crippen molar-refractivity contribution >= 4 is 28.9 Å². The summed E-state index contributed by atoms with van der Waals surface area (Å²) in [5.74, 6) is -0.772. The Morgan fingerprint density at radius 3 is 2.50 bits per heavy atom. The van der Waals surface area contributed by atoms with Gasteiger partial charge in [0.15, 0.2) is 0 Å². The van der Waals surface area contributed by atoms with E-state index < -0.39 is 16.4 Å². The van der Waals surface area contributed by atoms with Gasteiger partial charge < -0.3 is 4.84 Å². The first kappa shape index (κ1) is 17.8. The summed E-state index contributed by atoms with van der Waals surface area (Å²) >= 11 is 0. The number of imide groups is 1. The molecule has 0 unspecified atom stereocenters. The Bertz CT molecular complexity index is 1040. The van der Waals surface area contributed by atoms with Crippen LogP contribution < -0.4 is 4.90 Å². The van der Waals surface area contributed by atoms with Gasteiger partial charge in [0.25, 0.3) is 11.6 Å². The number of carbonyl (C=O) groups excluding carboxylic acids is 2. The Morgan fingerprint density at radius 1 is 1.11 bits per heavy atom. The van der Waals surface area contributed by atoms with Gasteiger partial charge >= 0.3 is 0 Å². The largest absolute Gasteiger partial charge is 0.378 e. The van der Waals surface area contributed by atoms with E-state index >= 15 is 0 Å². The molecule has 0 N–H and O–H groups in total. The predicted molar refractivity (Wildman–Crippen MR) is 101 cm³/mol. The molecule has 0 saturated carbocycles. The van der Waals surface area contributed by atoms with Crippen molar-refractivity contribution in [1.82, 2.24) is 0 Å². The molecule has 2 aromatic carbocycles. The highest BCUT2D eigenvalue weighted by Crippen LogP contribution is 2.40. The van der Waals surface area contributed by atoms with Crippen molar-refractivity contribution in [2.75, 3.05) is 4.90 Å². The normalized spacial score (nSPS) is 21.2. The standard InChI is InChI=1S/C20H17N3O5/c1-12-4-3-5-17(13(12)2)22-18(24)11-20(19(22)25)10-16(21-28-20)14-6-8-15(9-7-14)23(26)27/h3-9H,10-11H2,1-2H3/t20-/m0/s1. The molecule has 2 amide bonds. The third kappa shape index (κ3) is 2.65. The molecule has 8 nitrogen and oxygen atoms in total. The van der Waals surface area contributed by atoms with Gasteiger partial charge in [-0.05, 0) is 48.7 Å². The minimum atomic E-state index is -1.36. The number of hydrogen-bond donors (Lipinski definition) is 0. The number of hydrogen-bond acceptors (Lipinski definition) is 6. The van der Waals surface area contributed by atoms with E-state index in [1.807, 2.05) is 19.9 Å². The van der Waals surface area contributed by atoms with Crippen LogP contribution in [0.15, 0.2) is 47.6 Å². The van der Waals surface area contributed by atoms with Gasteiger partial charge in [0.1, 0.15) is 0 Å². The zero-order valence-corrected chi connectivity index (χ0v) is 15.3. The van der Waals surface area contributed by atoms with E-state index in [1.54, 1.807) is 24.3 Å². The predicted octanol–water partition coefficient (Wildman–Crippen LogP) is 3.04. The van der Waals surface area contributed by atoms with Gasteiger partial charge in [0, 0.05) is 18.6 Å². The number of oxime groups is 1. The van der Waals surface area contributed by atoms with Crippen molar-refractivity contribution in [3.63, 3.8) is 0 Å². The van der Waals surface area contributed by atoms with Crippen LogP contribution in [0.5, 0.6) is 0 Å². The van der Waals surface area contributed by atoms with Crippen LogP contribution in [0.2, 0.25) is 0 Å². The number of aryl methyl sites for hydroxylation is 1. The first-order chi connectivity index (χ1) is 13.3. The van der Waals surface area contributed by atoms with Crippen LogP contribution in [0, 0.1) is 24.0 Å². The van der Waals surface area contributed by atoms with Gasteiger partial charge in [-0.25, -0.2) is 4.90 Å². The molecule has 1 fully saturated rings. The van der Waals surface area contributed by atoms with Crippen molar-refractivity contribution in [3.8, 4) is 0 Å². The molecule has 1 saturated heterocycles. The van der Waals surface area contributed by atoms with Crippen LogP contribution in [0.4, 0.5) is 11.4 Å². The van der Waals surface area contributed by atoms with Gasteiger partial charge in [0.05, 0.1) is 22.7 Å². The molecular weight excluding hydrogens is 362 g/mol. The van der Waals surface area contributed by atoms with E-state index in [1.165, 1.54) is 17.0 Å². The van der Waals surface area contributed by atoms with Crippen LogP contribution in [0.25, 0.3) is 0 Å². The lowest BCUT2D eigenvalue weighted by Gasteiger charge is -2.21. The second-order valence-electron chi connectivity index (χ2n) is 7.03. The van der Waals surface area contributed by atoms with Crippen molar-refractivity contribution < 1.29 is 19.3 Å². The molecule has 2 aromatic rings. The first-order valence-corrected chi connectivity index (χ1v) is 8.76. The lowest BCUT2D eigenvalue weighted by molar-refractivity contribution is -0.384. The second-order valence-corrected chi connectivity index (χ2v) is 7.03. The van der Waals surface area contributed by atoms with E-state index in [9.17, 15) is 19.7 Å². The van der Waals surface area contributed by atoms with Gasteiger partial charge in [-0.3, -0.25) is 19.7 Å². The number of benzene rings is 2. The summed E-state index contributed by atoms with van der Waals surface area (Å²) in [6.07, 6.45) is 0.0376. The zero-order chi connectivity index (χ0) is 20.1. The number of nitrogens with zero attached hydrogens (tertiary/aromatic N) is 3. The van der Waals surface area contributed by atoms with Crippen LogP contribution in [0.1, 0.15) is 29.5 Å². The molecule has 142 valence electrons. The molecule has 2 heterocycles. The number of nitro groups is 1. The average Bonchev–Trinajstić information content (AvgIpc) is 3.20. The topological polar surface area (TPSA) is 102 Å². The molecule has 0 aromatic heterocycles. The molecule has 0 bridgehead atoms. The molecule has 1 atom stereocenters. The number of amides is 2. The maximum atomic E-state index is 13.1. The molecule has 28 heavy (non-hydrogen) atoms. The van der Waals surface area contributed by atoms with E-state index in [0.29, 0.717) is 17.0 Å². The van der Waals surface area contributed by atoms with Gasteiger partial charge in [0.2, 0.25) is 11.5 Å². The zero-order valence-electron chi connectivity index (χ0n) is 15.3. The third-order valence-corrected chi connectivity index (χ3v) is 5.29. The van der Waals surface area contributed by atoms with E-state index in [2.05, 4.69) is 5.16 Å². The van der Waals surface area contributed by atoms with Crippen molar-refractivity contribution in [3.05, 3.63) is 69.3 Å². The molecule has 4 rings (SSSR count). The van der Waals surface area contributed by atoms with E-state index in [-0.39, 0.29) is 24.4 Å². The van der Waals surface area contributed by atoms with Gasteiger partial charge in [-0.15, -0.1) is 0 Å². The van der Waals surface area contributed by atoms with Crippen molar-refractivity contribution in [1.29, 1.82) is 0 Å². The SMILES string of the molecule is Cc1cccc(N2C(=O)C[C@@]3(CC(c4ccc([N+](=O)[O-])cc4)=NO3)C2=O)c1C. The molecule has 2 aliphatic rings. The van der Waals surface area contributed by atoms with Crippen LogP contribution in [-0.2, 0) is 14.4 Å². The highest BCUT2D eigenvalue weighted by atomic mass is 16.7. The quantitative estimate of drug-likeness (QED) is 0.463. The van der Waals surface area contributed by atoms with Crippen molar-refractivity contribution in [2.24, 2.45) is 5.16 Å². The van der Waals surface area contributed by atoms with Gasteiger partial charge in [-0.1, -0.05) is 17.3 Å². The smallest absolute Gasteiger partial charge is 0.281 e. The lowest BCUT2D eigenvalue weighted by Crippen LogP contribution is -2.41. The number of non-ortho nitro benzene ring substituents is 1. The molecule has 0 aliphatic carbocycles. The molecule has 1 spiro atoms. The molecule has 2 aliphatic heterocycles. The maximum absolute atomic E-state index is 13.1. The Kier molecular flexibility index (Phi) is 3.99. The number of anilines is 1. The Balaban J connectivity index is 1.61. The van der Waals surface area contributed by atoms with E-state index in [0.717, 1.165) is 11.1 Å². The fourth-order valence-electron chi connectivity index (χ4n) is 3.55. The summed E-state index contributed by atoms with van der Waals surface area (Å²) in [6, 6.07) is 11.3. The monoisotopic (exact) mass is 379 g/mol. The summed E-state index contributed by atoms with van der Waals surface area (Å²) in [6.45, 7) is 3.78. The Hall–Kier alpha value is -3.55. The number of nitro benzene ring substituents is 1. The van der Waals surface area contributed by atoms with E-state index in [4.69, 9.17) is 4.84 Å². The van der Waals surface area contributed by atoms with Crippen LogP contribution >= 0.6 is 0 Å². The highest BCUT2D eigenvalue weighted by molar-refractivity contribution is 6.26. The fraction of sp³-hybridized carbons (Fsp3) is 0.250. The summed E-state index contributed by atoms with van der Waals surface area (Å²) in [4.78, 5) is 42.8. The van der Waals surface area contributed by atoms with Crippen LogP contribution in [-0.4, -0.2) is 28.1 Å². The second kappa shape index (κ2) is 6.26. The number of rotatable bonds is 3. The summed E-state index contributed by atoms with van der Waals surface area (Å²) in [5, 5.41) is 14.8. The highest BCUT2D eigenvalue weighted by Gasteiger charge is 2.58. The van der Waals surface area contributed by atoms with Crippen LogP contribution in [0.3, 0.4) is 0 Å². The average molecular weight is 379 g/mol. The first-order valence-electron chi connectivity index (χ1n) is 8.76. The van der Waals surface area contributed by atoms with Gasteiger partial charge in [-0.2, -0.15) is 0 Å². The minimum absolute atomic E-state index is 0.0359. The lowest BCUT2D eigenvalue weighted by atomic mass is 9.92. The molecular formula is C20H17N3O5. The molecule has 8 heteroatoms. The summed E-state index contributed by atoms with van der Waals surface area (Å²) < 4.78 is 0. The number of carbonyl (C=O) groups is 2. The minimum Gasteiger partial charge on any atom is -0.378 e. The maximum Gasteiger partial charge on any atom is 0.281 e. The van der Waals surface area contributed by atoms with Crippen molar-refractivity contribution in [2.45, 2.75) is 32.3 Å². The Morgan fingerprint density at radius 2 is 1.82 bits per heavy atom. The molecule has 0 radical (unpaired) electrons. The Labute approximate surface area is 160 Å². The third-order valence-electron chi connectivity index (χ3n) is 5.29. The summed E-state index contributed by atoms with van der Waals surface area (Å²) in [5.41, 5.74) is 2.10. The summed E-state index contributed by atoms with van der Waals surface area (Å²) in [7, 11) is 0. The fourth-order valence-corrected chi connectivity index (χ4v) is 3.55.